The summed E-state index contributed by atoms with van der Waals surface area (Å²) in [6.07, 6.45) is 0.860. The molecule has 0 saturated carbocycles. The smallest absolute Gasteiger partial charge is 0.254 e. The molecule has 0 saturated heterocycles. The zero-order chi connectivity index (χ0) is 18.7. The van der Waals surface area contributed by atoms with Crippen LogP contribution in [0.2, 0.25) is 0 Å². The van der Waals surface area contributed by atoms with Crippen molar-refractivity contribution in [2.45, 2.75) is 24.3 Å². The summed E-state index contributed by atoms with van der Waals surface area (Å²) >= 11 is 1.73. The number of methoxy groups -OCH3 is 1. The van der Waals surface area contributed by atoms with Gasteiger partial charge < -0.3 is 9.64 Å². The summed E-state index contributed by atoms with van der Waals surface area (Å²) in [6, 6.07) is 8.18. The molecule has 140 valence electrons. The minimum Gasteiger partial charge on any atom is -0.383 e. The second-order valence-corrected chi connectivity index (χ2v) is 8.91. The van der Waals surface area contributed by atoms with E-state index in [-0.39, 0.29) is 23.4 Å². The molecule has 0 fully saturated rings. The number of rotatable bonds is 6. The van der Waals surface area contributed by atoms with Gasteiger partial charge in [0.25, 0.3) is 5.91 Å². The number of thiophene rings is 1. The fourth-order valence-electron chi connectivity index (χ4n) is 3.09. The third-order valence-corrected chi connectivity index (χ3v) is 7.02. The Morgan fingerprint density at radius 1 is 1.31 bits per heavy atom. The first-order valence-electron chi connectivity index (χ1n) is 8.40. The monoisotopic (exact) mass is 394 g/mol. The predicted molar refractivity (Wildman–Crippen MR) is 101 cm³/mol. The third kappa shape index (κ3) is 3.83. The number of ether oxygens (including phenoxy) is 1. The van der Waals surface area contributed by atoms with E-state index in [1.165, 1.54) is 29.7 Å². The van der Waals surface area contributed by atoms with E-state index in [0.29, 0.717) is 18.7 Å². The molecule has 0 aliphatic carbocycles. The van der Waals surface area contributed by atoms with Crippen molar-refractivity contribution < 1.29 is 17.9 Å². The summed E-state index contributed by atoms with van der Waals surface area (Å²) in [4.78, 5) is 16.2. The molecule has 1 unspecified atom stereocenters. The van der Waals surface area contributed by atoms with Crippen LogP contribution in [-0.4, -0.2) is 46.0 Å². The van der Waals surface area contributed by atoms with Crippen LogP contribution in [-0.2, 0) is 21.2 Å². The van der Waals surface area contributed by atoms with E-state index < -0.39 is 10.0 Å². The molecule has 2 aromatic rings. The van der Waals surface area contributed by atoms with Crippen LogP contribution >= 0.6 is 11.3 Å². The minimum absolute atomic E-state index is 0.0246. The van der Waals surface area contributed by atoms with E-state index in [1.807, 2.05) is 11.8 Å². The van der Waals surface area contributed by atoms with Gasteiger partial charge in [0.1, 0.15) is 0 Å². The number of benzene rings is 1. The fraction of sp³-hybridized carbons (Fsp3) is 0.389. The van der Waals surface area contributed by atoms with Crippen molar-refractivity contribution in [1.82, 2.24) is 9.62 Å². The quantitative estimate of drug-likeness (QED) is 0.764. The highest BCUT2D eigenvalue weighted by atomic mass is 32.2. The lowest BCUT2D eigenvalue weighted by molar-refractivity contribution is 0.0679. The average Bonchev–Trinajstić information content (AvgIpc) is 3.11. The van der Waals surface area contributed by atoms with Crippen LogP contribution in [0.4, 0.5) is 0 Å². The van der Waals surface area contributed by atoms with Crippen molar-refractivity contribution in [3.63, 3.8) is 0 Å². The molecular formula is C18H22N2O4S2. The van der Waals surface area contributed by atoms with Gasteiger partial charge in [-0.05, 0) is 54.6 Å². The Morgan fingerprint density at radius 2 is 2.04 bits per heavy atom. The molecule has 2 heterocycles. The molecule has 1 aromatic carbocycles. The van der Waals surface area contributed by atoms with Gasteiger partial charge in [0, 0.05) is 30.6 Å². The van der Waals surface area contributed by atoms with E-state index >= 15 is 0 Å². The summed E-state index contributed by atoms with van der Waals surface area (Å²) in [6.45, 7) is 3.20. The van der Waals surface area contributed by atoms with Gasteiger partial charge >= 0.3 is 0 Å². The Kier molecular flexibility index (Phi) is 5.76. The minimum atomic E-state index is -3.60. The second kappa shape index (κ2) is 7.87. The van der Waals surface area contributed by atoms with Gasteiger partial charge in [-0.3, -0.25) is 4.79 Å². The van der Waals surface area contributed by atoms with E-state index in [9.17, 15) is 13.2 Å². The standard InChI is InChI=1S/C18H22N2O4S2/c1-13-16-8-12-25-17(16)7-10-20(13)18(21)14-3-5-15(6-4-14)26(22,23)19-9-11-24-2/h3-6,8,12-13,19H,7,9-11H2,1-2H3. The molecule has 0 bridgehead atoms. The number of nitrogens with zero attached hydrogens (tertiary/aromatic N) is 1. The van der Waals surface area contributed by atoms with Crippen molar-refractivity contribution in [1.29, 1.82) is 0 Å². The number of carbonyl (C=O) groups is 1. The Balaban J connectivity index is 1.74. The first-order valence-corrected chi connectivity index (χ1v) is 10.8. The lowest BCUT2D eigenvalue weighted by atomic mass is 10.0. The normalized spacial score (nSPS) is 17.2. The van der Waals surface area contributed by atoms with Crippen LogP contribution in [0.25, 0.3) is 0 Å². The van der Waals surface area contributed by atoms with Crippen molar-refractivity contribution in [2.24, 2.45) is 0 Å². The van der Waals surface area contributed by atoms with Gasteiger partial charge in [-0.25, -0.2) is 13.1 Å². The first kappa shape index (κ1) is 19.0. The zero-order valence-corrected chi connectivity index (χ0v) is 16.4. The number of sulfonamides is 1. The molecule has 1 amide bonds. The number of hydrogen-bond donors (Lipinski definition) is 1. The highest BCUT2D eigenvalue weighted by molar-refractivity contribution is 7.89. The first-order chi connectivity index (χ1) is 12.4. The molecule has 0 radical (unpaired) electrons. The topological polar surface area (TPSA) is 75.7 Å². The summed E-state index contributed by atoms with van der Waals surface area (Å²) < 4.78 is 31.7. The molecule has 3 rings (SSSR count). The van der Waals surface area contributed by atoms with Gasteiger partial charge in [-0.15, -0.1) is 11.3 Å². The number of hydrogen-bond acceptors (Lipinski definition) is 5. The molecule has 1 aliphatic heterocycles. The van der Waals surface area contributed by atoms with Gasteiger partial charge in [0.15, 0.2) is 0 Å². The molecule has 8 heteroatoms. The highest BCUT2D eigenvalue weighted by Crippen LogP contribution is 2.33. The van der Waals surface area contributed by atoms with Crippen LogP contribution in [0.15, 0.2) is 40.6 Å². The lowest BCUT2D eigenvalue weighted by Gasteiger charge is -2.33. The summed E-state index contributed by atoms with van der Waals surface area (Å²) in [5, 5.41) is 2.06. The predicted octanol–water partition coefficient (Wildman–Crippen LogP) is 2.43. The Morgan fingerprint density at radius 3 is 2.73 bits per heavy atom. The van der Waals surface area contributed by atoms with Gasteiger partial charge in [-0.1, -0.05) is 0 Å². The lowest BCUT2D eigenvalue weighted by Crippen LogP contribution is -2.38. The molecule has 0 spiro atoms. The Labute approximate surface area is 157 Å². The molecule has 6 nitrogen and oxygen atoms in total. The van der Waals surface area contributed by atoms with Gasteiger partial charge in [0.05, 0.1) is 17.5 Å². The van der Waals surface area contributed by atoms with Crippen molar-refractivity contribution >= 4 is 27.3 Å². The Bertz CT molecular complexity index is 875. The van der Waals surface area contributed by atoms with E-state index in [2.05, 4.69) is 16.2 Å². The van der Waals surface area contributed by atoms with E-state index in [1.54, 1.807) is 23.5 Å². The molecule has 1 atom stereocenters. The summed E-state index contributed by atoms with van der Waals surface area (Å²) in [5.41, 5.74) is 1.70. The van der Waals surface area contributed by atoms with Crippen LogP contribution < -0.4 is 4.72 Å². The van der Waals surface area contributed by atoms with Crippen molar-refractivity contribution in [2.75, 3.05) is 26.8 Å². The highest BCUT2D eigenvalue weighted by Gasteiger charge is 2.29. The van der Waals surface area contributed by atoms with Crippen molar-refractivity contribution in [3.05, 3.63) is 51.7 Å². The van der Waals surface area contributed by atoms with Crippen LogP contribution in [0.5, 0.6) is 0 Å². The van der Waals surface area contributed by atoms with Crippen LogP contribution in [0, 0.1) is 0 Å². The average molecular weight is 395 g/mol. The van der Waals surface area contributed by atoms with Gasteiger partial charge in [-0.2, -0.15) is 0 Å². The maximum atomic E-state index is 12.9. The summed E-state index contributed by atoms with van der Waals surface area (Å²) in [7, 11) is -2.09. The van der Waals surface area contributed by atoms with Gasteiger partial charge in [0.2, 0.25) is 10.0 Å². The fourth-order valence-corrected chi connectivity index (χ4v) is 5.07. The number of fused-ring (bicyclic) bond motifs is 1. The number of nitrogens with one attached hydrogen (secondary N) is 1. The molecular weight excluding hydrogens is 372 g/mol. The largest absolute Gasteiger partial charge is 0.383 e. The molecule has 1 N–H and O–H groups in total. The maximum absolute atomic E-state index is 12.9. The molecule has 1 aromatic heterocycles. The second-order valence-electron chi connectivity index (χ2n) is 6.14. The van der Waals surface area contributed by atoms with E-state index in [0.717, 1.165) is 6.42 Å². The van der Waals surface area contributed by atoms with E-state index in [4.69, 9.17) is 4.74 Å². The number of amides is 1. The Hall–Kier alpha value is -1.74. The van der Waals surface area contributed by atoms with Crippen LogP contribution in [0.1, 0.15) is 33.8 Å². The zero-order valence-electron chi connectivity index (χ0n) is 14.8. The third-order valence-electron chi connectivity index (χ3n) is 4.55. The number of carbonyl (C=O) groups excluding carboxylic acids is 1. The van der Waals surface area contributed by atoms with Crippen molar-refractivity contribution in [3.8, 4) is 0 Å². The molecule has 1 aliphatic rings. The summed E-state index contributed by atoms with van der Waals surface area (Å²) in [5.74, 6) is -0.0781. The molecule has 26 heavy (non-hydrogen) atoms. The SMILES string of the molecule is COCCNS(=O)(=O)c1ccc(C(=O)N2CCc3sccc3C2C)cc1. The van der Waals surface area contributed by atoms with Crippen LogP contribution in [0.3, 0.4) is 0 Å². The maximum Gasteiger partial charge on any atom is 0.254 e.